The van der Waals surface area contributed by atoms with Crippen molar-refractivity contribution in [2.75, 3.05) is 13.6 Å². The molecule has 1 aromatic rings. The van der Waals surface area contributed by atoms with Gasteiger partial charge in [-0.3, -0.25) is 9.67 Å². The van der Waals surface area contributed by atoms with Crippen LogP contribution >= 0.6 is 0 Å². The Morgan fingerprint density at radius 2 is 2.43 bits per heavy atom. The van der Waals surface area contributed by atoms with Crippen LogP contribution in [-0.2, 0) is 12.8 Å². The normalized spacial score (nSPS) is 18.2. The molecule has 0 bridgehead atoms. The highest BCUT2D eigenvalue weighted by Gasteiger charge is 2.22. The molecule has 1 aromatic heterocycles. The molecule has 1 atom stereocenters. The van der Waals surface area contributed by atoms with Crippen molar-refractivity contribution in [2.45, 2.75) is 51.6 Å². The third-order valence-electron chi connectivity index (χ3n) is 3.75. The van der Waals surface area contributed by atoms with Gasteiger partial charge in [-0.15, -0.1) is 12.3 Å². The van der Waals surface area contributed by atoms with Crippen molar-refractivity contribution in [3.63, 3.8) is 0 Å². The Bertz CT molecular complexity index is 535. The lowest BCUT2D eigenvalue weighted by atomic mass is 9.94. The van der Waals surface area contributed by atoms with E-state index in [0.717, 1.165) is 31.8 Å². The molecule has 21 heavy (non-hydrogen) atoms. The molecule has 0 radical (unpaired) electrons. The smallest absolute Gasteiger partial charge is 0.191 e. The molecule has 1 aliphatic rings. The summed E-state index contributed by atoms with van der Waals surface area (Å²) in [6.07, 6.45) is 11.3. The average molecular weight is 287 g/mol. The zero-order chi connectivity index (χ0) is 15.2. The number of hydrogen-bond acceptors (Lipinski definition) is 2. The number of terminal acetylenes is 1. The second-order valence-electron chi connectivity index (χ2n) is 5.71. The summed E-state index contributed by atoms with van der Waals surface area (Å²) in [5.74, 6) is 3.44. The van der Waals surface area contributed by atoms with E-state index in [2.05, 4.69) is 46.3 Å². The Hall–Kier alpha value is -1.96. The summed E-state index contributed by atoms with van der Waals surface area (Å²) in [5, 5.41) is 11.4. The lowest BCUT2D eigenvalue weighted by Gasteiger charge is -2.24. The number of guanidine groups is 1. The van der Waals surface area contributed by atoms with E-state index in [9.17, 15) is 0 Å². The van der Waals surface area contributed by atoms with Crippen LogP contribution in [0.2, 0.25) is 0 Å². The number of aryl methyl sites for hydroxylation is 1. The Morgan fingerprint density at radius 1 is 1.62 bits per heavy atom. The fraction of sp³-hybridized carbons (Fsp3) is 0.625. The summed E-state index contributed by atoms with van der Waals surface area (Å²) in [7, 11) is 1.78. The van der Waals surface area contributed by atoms with Gasteiger partial charge in [0.1, 0.15) is 0 Å². The minimum Gasteiger partial charge on any atom is -0.355 e. The second-order valence-corrected chi connectivity index (χ2v) is 5.71. The largest absolute Gasteiger partial charge is 0.355 e. The Labute approximate surface area is 127 Å². The van der Waals surface area contributed by atoms with E-state index in [1.807, 2.05) is 0 Å². The third-order valence-corrected chi connectivity index (χ3v) is 3.75. The van der Waals surface area contributed by atoms with E-state index in [1.165, 1.54) is 11.3 Å². The Kier molecular flexibility index (Phi) is 5.26. The average Bonchev–Trinajstić information content (AvgIpc) is 2.90. The van der Waals surface area contributed by atoms with Gasteiger partial charge in [0.2, 0.25) is 0 Å². The molecule has 1 heterocycles. The van der Waals surface area contributed by atoms with Crippen molar-refractivity contribution in [1.29, 1.82) is 0 Å². The van der Waals surface area contributed by atoms with Crippen LogP contribution in [-0.4, -0.2) is 35.4 Å². The molecule has 0 spiro atoms. The predicted octanol–water partition coefficient (Wildman–Crippen LogP) is 1.51. The van der Waals surface area contributed by atoms with Gasteiger partial charge in [0.05, 0.1) is 5.69 Å². The molecule has 0 aromatic carbocycles. The van der Waals surface area contributed by atoms with Gasteiger partial charge in [-0.1, -0.05) is 0 Å². The van der Waals surface area contributed by atoms with Crippen LogP contribution in [0.25, 0.3) is 0 Å². The summed E-state index contributed by atoms with van der Waals surface area (Å²) >= 11 is 0. The molecule has 114 valence electrons. The molecule has 0 saturated carbocycles. The number of aliphatic imine (C=N–C) groups is 1. The number of nitrogens with zero attached hydrogens (tertiary/aromatic N) is 3. The van der Waals surface area contributed by atoms with Crippen molar-refractivity contribution in [3.8, 4) is 12.3 Å². The summed E-state index contributed by atoms with van der Waals surface area (Å²) in [4.78, 5) is 4.24. The Morgan fingerprint density at radius 3 is 3.10 bits per heavy atom. The molecular formula is C16H25N5. The molecule has 2 rings (SSSR count). The summed E-state index contributed by atoms with van der Waals surface area (Å²) < 4.78 is 2.06. The molecule has 0 saturated heterocycles. The van der Waals surface area contributed by atoms with Gasteiger partial charge in [-0.2, -0.15) is 5.10 Å². The zero-order valence-corrected chi connectivity index (χ0v) is 13.2. The van der Waals surface area contributed by atoms with Crippen molar-refractivity contribution in [3.05, 3.63) is 17.5 Å². The monoisotopic (exact) mass is 287 g/mol. The molecule has 1 aliphatic carbocycles. The first-order valence-electron chi connectivity index (χ1n) is 7.61. The van der Waals surface area contributed by atoms with E-state index < -0.39 is 0 Å². The number of rotatable bonds is 4. The van der Waals surface area contributed by atoms with Gasteiger partial charge in [-0.25, -0.2) is 0 Å². The predicted molar refractivity (Wildman–Crippen MR) is 86.4 cm³/mol. The number of nitrogens with one attached hydrogen (secondary N) is 2. The van der Waals surface area contributed by atoms with Crippen LogP contribution in [0.5, 0.6) is 0 Å². The van der Waals surface area contributed by atoms with Crippen LogP contribution in [0.4, 0.5) is 0 Å². The molecule has 0 aliphatic heterocycles. The first kappa shape index (κ1) is 15.4. The highest BCUT2D eigenvalue weighted by atomic mass is 15.3. The molecule has 0 amide bonds. The molecule has 5 heteroatoms. The zero-order valence-electron chi connectivity index (χ0n) is 13.2. The fourth-order valence-corrected chi connectivity index (χ4v) is 2.54. The first-order valence-corrected chi connectivity index (χ1v) is 7.61. The minimum absolute atomic E-state index is 0.380. The number of aromatic nitrogens is 2. The van der Waals surface area contributed by atoms with Gasteiger partial charge < -0.3 is 10.6 Å². The SMILES string of the molecule is C#CCCNC(=NC)NC1CCc2cn(C(C)C)nc2C1. The molecule has 0 fully saturated rings. The van der Waals surface area contributed by atoms with Crippen molar-refractivity contribution in [1.82, 2.24) is 20.4 Å². The van der Waals surface area contributed by atoms with Crippen LogP contribution in [0.3, 0.4) is 0 Å². The van der Waals surface area contributed by atoms with Crippen LogP contribution < -0.4 is 10.6 Å². The van der Waals surface area contributed by atoms with Crippen LogP contribution in [0.1, 0.15) is 44.0 Å². The highest BCUT2D eigenvalue weighted by molar-refractivity contribution is 5.80. The fourth-order valence-electron chi connectivity index (χ4n) is 2.54. The van der Waals surface area contributed by atoms with Gasteiger partial charge in [0.25, 0.3) is 0 Å². The lowest BCUT2D eigenvalue weighted by Crippen LogP contribution is -2.45. The van der Waals surface area contributed by atoms with Gasteiger partial charge in [0, 0.05) is 44.7 Å². The third kappa shape index (κ3) is 4.01. The molecule has 2 N–H and O–H groups in total. The standard InChI is InChI=1S/C16H25N5/c1-5-6-9-18-16(17-4)19-14-8-7-13-11-21(12(2)3)20-15(13)10-14/h1,11-12,14H,6-10H2,2-4H3,(H2,17,18,19). The Balaban J connectivity index is 1.93. The molecular weight excluding hydrogens is 262 g/mol. The van der Waals surface area contributed by atoms with Gasteiger partial charge >= 0.3 is 0 Å². The maximum absolute atomic E-state index is 5.26. The second kappa shape index (κ2) is 7.16. The van der Waals surface area contributed by atoms with Gasteiger partial charge in [0.15, 0.2) is 5.96 Å². The molecule has 5 nitrogen and oxygen atoms in total. The van der Waals surface area contributed by atoms with E-state index >= 15 is 0 Å². The molecule has 1 unspecified atom stereocenters. The van der Waals surface area contributed by atoms with Crippen molar-refractivity contribution >= 4 is 5.96 Å². The maximum Gasteiger partial charge on any atom is 0.191 e. The highest BCUT2D eigenvalue weighted by Crippen LogP contribution is 2.21. The van der Waals surface area contributed by atoms with Crippen molar-refractivity contribution < 1.29 is 0 Å². The lowest BCUT2D eigenvalue weighted by molar-refractivity contribution is 0.499. The van der Waals surface area contributed by atoms with E-state index in [0.29, 0.717) is 18.5 Å². The number of hydrogen-bond donors (Lipinski definition) is 2. The number of fused-ring (bicyclic) bond motifs is 1. The van der Waals surface area contributed by atoms with Gasteiger partial charge in [-0.05, 0) is 32.3 Å². The summed E-state index contributed by atoms with van der Waals surface area (Å²) in [6, 6.07) is 0.797. The van der Waals surface area contributed by atoms with Crippen molar-refractivity contribution in [2.24, 2.45) is 4.99 Å². The topological polar surface area (TPSA) is 54.2 Å². The first-order chi connectivity index (χ1) is 10.1. The van der Waals surface area contributed by atoms with E-state index in [-0.39, 0.29) is 0 Å². The van der Waals surface area contributed by atoms with Crippen LogP contribution in [0, 0.1) is 12.3 Å². The quantitative estimate of drug-likeness (QED) is 0.382. The maximum atomic E-state index is 5.26. The summed E-state index contributed by atoms with van der Waals surface area (Å²) in [6.45, 7) is 5.06. The minimum atomic E-state index is 0.380. The van der Waals surface area contributed by atoms with E-state index in [4.69, 9.17) is 11.5 Å². The summed E-state index contributed by atoms with van der Waals surface area (Å²) in [5.41, 5.74) is 2.60. The van der Waals surface area contributed by atoms with E-state index in [1.54, 1.807) is 7.05 Å². The van der Waals surface area contributed by atoms with Crippen LogP contribution in [0.15, 0.2) is 11.2 Å².